The summed E-state index contributed by atoms with van der Waals surface area (Å²) >= 11 is 0. The van der Waals surface area contributed by atoms with Crippen LogP contribution in [0, 0.1) is 30.6 Å². The summed E-state index contributed by atoms with van der Waals surface area (Å²) in [5.41, 5.74) is 3.47. The van der Waals surface area contributed by atoms with Crippen molar-refractivity contribution in [1.82, 2.24) is 34.7 Å². The molecular formula is C50H71N7O7. The molecule has 3 aliphatic heterocycles. The molecule has 2 aromatic carbocycles. The monoisotopic (exact) mass is 882 g/mol. The Balaban J connectivity index is 1.14. The van der Waals surface area contributed by atoms with Crippen molar-refractivity contribution < 1.29 is 33.4 Å². The van der Waals surface area contributed by atoms with Gasteiger partial charge < -0.3 is 29.5 Å². The number of allylic oxidation sites excluding steroid dienone is 1. The number of nitrogens with one attached hydrogen (secondary N) is 1. The van der Waals surface area contributed by atoms with Gasteiger partial charge in [0.05, 0.1) is 28.5 Å². The molecule has 348 valence electrons. The Labute approximate surface area is 379 Å². The van der Waals surface area contributed by atoms with E-state index in [-0.39, 0.29) is 55.3 Å². The number of urea groups is 1. The van der Waals surface area contributed by atoms with E-state index in [0.717, 1.165) is 72.2 Å². The minimum Gasteiger partial charge on any atom is -0.464 e. The lowest BCUT2D eigenvalue weighted by Crippen LogP contribution is -2.59. The van der Waals surface area contributed by atoms with Crippen LogP contribution in [0.3, 0.4) is 0 Å². The van der Waals surface area contributed by atoms with Gasteiger partial charge in [-0.25, -0.2) is 9.48 Å². The summed E-state index contributed by atoms with van der Waals surface area (Å²) < 4.78 is 12.9. The van der Waals surface area contributed by atoms with Crippen molar-refractivity contribution in [2.45, 2.75) is 112 Å². The van der Waals surface area contributed by atoms with E-state index < -0.39 is 22.8 Å². The molecule has 1 aromatic heterocycles. The molecule has 6 rings (SSSR count). The molecule has 64 heavy (non-hydrogen) atoms. The van der Waals surface area contributed by atoms with Gasteiger partial charge in [-0.2, -0.15) is 5.10 Å². The minimum atomic E-state index is -0.818. The number of carbonyl (C=O) groups excluding carboxylic acids is 5. The normalized spacial score (nSPS) is 18.4. The minimum absolute atomic E-state index is 0.0150. The highest BCUT2D eigenvalue weighted by Gasteiger charge is 2.36. The van der Waals surface area contributed by atoms with Gasteiger partial charge in [0.25, 0.3) is 0 Å². The van der Waals surface area contributed by atoms with Crippen molar-refractivity contribution in [3.05, 3.63) is 77.0 Å². The highest BCUT2D eigenvalue weighted by atomic mass is 16.5. The van der Waals surface area contributed by atoms with Crippen molar-refractivity contribution in [2.75, 3.05) is 66.0 Å². The molecule has 14 heteroatoms. The Morgan fingerprint density at radius 2 is 1.42 bits per heavy atom. The second-order valence-corrected chi connectivity index (χ2v) is 20.3. The van der Waals surface area contributed by atoms with Gasteiger partial charge in [-0.1, -0.05) is 36.9 Å². The molecule has 0 bridgehead atoms. The number of carbonyl (C=O) groups is 5. The van der Waals surface area contributed by atoms with Gasteiger partial charge in [-0.3, -0.25) is 24.1 Å². The molecule has 0 spiro atoms. The topological polar surface area (TPSA) is 147 Å². The molecule has 1 unspecified atom stereocenters. The molecule has 0 saturated carbocycles. The van der Waals surface area contributed by atoms with E-state index in [2.05, 4.69) is 33.8 Å². The van der Waals surface area contributed by atoms with E-state index in [9.17, 15) is 24.0 Å². The molecular weight excluding hydrogens is 811 g/mol. The molecule has 3 aliphatic rings. The highest BCUT2D eigenvalue weighted by Crippen LogP contribution is 2.32. The smallest absolute Gasteiger partial charge is 0.318 e. The second kappa shape index (κ2) is 20.4. The maximum Gasteiger partial charge on any atom is 0.318 e. The van der Waals surface area contributed by atoms with Crippen LogP contribution < -0.4 is 5.32 Å². The fourth-order valence-electron chi connectivity index (χ4n) is 9.16. The van der Waals surface area contributed by atoms with Crippen LogP contribution in [0.1, 0.15) is 95.4 Å². The summed E-state index contributed by atoms with van der Waals surface area (Å²) in [6.07, 6.45) is 5.32. The number of aryl methyl sites for hydroxylation is 2. The molecule has 3 aromatic rings. The first-order chi connectivity index (χ1) is 30.2. The van der Waals surface area contributed by atoms with Gasteiger partial charge in [0.2, 0.25) is 5.91 Å². The molecule has 1 N–H and O–H groups in total. The maximum atomic E-state index is 14.5. The van der Waals surface area contributed by atoms with Crippen LogP contribution in [0.15, 0.2) is 54.7 Å². The number of ketones is 1. The van der Waals surface area contributed by atoms with Crippen LogP contribution in [0.25, 0.3) is 10.9 Å². The third-order valence-electron chi connectivity index (χ3n) is 13.2. The average molecular weight is 882 g/mol. The van der Waals surface area contributed by atoms with E-state index in [0.29, 0.717) is 50.6 Å². The van der Waals surface area contributed by atoms with Crippen molar-refractivity contribution in [2.24, 2.45) is 16.7 Å². The zero-order valence-electron chi connectivity index (χ0n) is 39.7. The molecule has 3 amide bonds. The summed E-state index contributed by atoms with van der Waals surface area (Å²) in [6, 6.07) is 11.0. The number of hydrogen-bond acceptors (Lipinski definition) is 10. The lowest BCUT2D eigenvalue weighted by molar-refractivity contribution is -0.157. The number of piperidine rings is 2. The van der Waals surface area contributed by atoms with Gasteiger partial charge in [-0.15, -0.1) is 0 Å². The number of piperazine rings is 1. The summed E-state index contributed by atoms with van der Waals surface area (Å²) in [4.78, 5) is 76.7. The number of hydrogen-bond donors (Lipinski definition) is 1. The van der Waals surface area contributed by atoms with Crippen LogP contribution in [0.2, 0.25) is 0 Å². The van der Waals surface area contributed by atoms with Crippen molar-refractivity contribution in [3.8, 4) is 0 Å². The predicted octanol–water partition coefficient (Wildman–Crippen LogP) is 6.27. The SMILES string of the molecule is C=C(C(=O)C(COC(=O)C(C)(C)C)c1ccccc1C)C1CCN(C(=O)N[C@H](Cc2cc(C)c3c(cnn3COC(=O)C(C)(C)C)c2)C(=O)N2CCN(C3CCN(C)CC3)CC2)CC1. The number of ether oxygens (including phenoxy) is 2. The first-order valence-corrected chi connectivity index (χ1v) is 23.1. The zero-order valence-corrected chi connectivity index (χ0v) is 39.7. The number of amides is 3. The summed E-state index contributed by atoms with van der Waals surface area (Å²) in [5.74, 6) is -1.82. The van der Waals surface area contributed by atoms with E-state index in [1.807, 2.05) is 75.9 Å². The molecule has 3 fully saturated rings. The van der Waals surface area contributed by atoms with Crippen molar-refractivity contribution in [1.29, 1.82) is 0 Å². The highest BCUT2D eigenvalue weighted by molar-refractivity contribution is 6.01. The van der Waals surface area contributed by atoms with Gasteiger partial charge in [0.15, 0.2) is 12.5 Å². The van der Waals surface area contributed by atoms with Crippen molar-refractivity contribution >= 4 is 40.6 Å². The van der Waals surface area contributed by atoms with E-state index in [1.165, 1.54) is 0 Å². The van der Waals surface area contributed by atoms with Gasteiger partial charge in [0, 0.05) is 57.1 Å². The maximum absolute atomic E-state index is 14.5. The van der Waals surface area contributed by atoms with Gasteiger partial charge in [0.1, 0.15) is 12.6 Å². The largest absolute Gasteiger partial charge is 0.464 e. The lowest BCUT2D eigenvalue weighted by atomic mass is 9.81. The number of Topliss-reactive ketones (excluding diaryl/α,β-unsaturated/α-hetero) is 1. The standard InChI is InChI=1S/C50H71N7O7/c1-33-13-11-12-14-40(33)41(31-63-46(60)49(4,5)6)44(58)35(3)37-15-21-56(22-16-37)48(62)52-42(45(59)55-25-23-54(24-26-55)39-17-19-53(10)20-18-39)29-36-27-34(2)43-38(28-36)30-51-57(43)32-64-47(61)50(7,8)9/h11-14,27-28,30,37,39,41-42H,3,15-26,29,31-32H2,1-2,4-10H3,(H,52,62)/t41?,42-/m1/s1. The third-order valence-corrected chi connectivity index (χ3v) is 13.2. The van der Waals surface area contributed by atoms with Crippen LogP contribution in [0.5, 0.6) is 0 Å². The summed E-state index contributed by atoms with van der Waals surface area (Å²) in [7, 11) is 2.16. The number of aromatic nitrogens is 2. The zero-order chi connectivity index (χ0) is 46.5. The average Bonchev–Trinajstić information content (AvgIpc) is 3.68. The van der Waals surface area contributed by atoms with Crippen LogP contribution in [-0.4, -0.2) is 137 Å². The van der Waals surface area contributed by atoms with Crippen LogP contribution in [0.4, 0.5) is 4.79 Å². The molecule has 3 saturated heterocycles. The Kier molecular flexibility index (Phi) is 15.4. The first-order valence-electron chi connectivity index (χ1n) is 23.1. The number of fused-ring (bicyclic) bond motifs is 1. The Morgan fingerprint density at radius 1 is 0.797 bits per heavy atom. The van der Waals surface area contributed by atoms with Crippen LogP contribution >= 0.6 is 0 Å². The van der Waals surface area contributed by atoms with E-state index in [4.69, 9.17) is 9.47 Å². The third kappa shape index (κ3) is 11.8. The predicted molar refractivity (Wildman–Crippen MR) is 247 cm³/mol. The molecule has 0 aliphatic carbocycles. The second-order valence-electron chi connectivity index (χ2n) is 20.3. The first kappa shape index (κ1) is 48.4. The quantitative estimate of drug-likeness (QED) is 0.154. The van der Waals surface area contributed by atoms with Crippen molar-refractivity contribution in [3.63, 3.8) is 0 Å². The fraction of sp³-hybridized carbons (Fsp3) is 0.600. The molecule has 2 atom stereocenters. The number of likely N-dealkylation sites (tertiary alicyclic amines) is 2. The number of rotatable bonds is 13. The molecule has 0 radical (unpaired) electrons. The Bertz CT molecular complexity index is 2180. The van der Waals surface area contributed by atoms with E-state index in [1.54, 1.807) is 36.5 Å². The molecule has 14 nitrogen and oxygen atoms in total. The van der Waals surface area contributed by atoms with Gasteiger partial charge in [-0.05, 0) is 141 Å². The number of nitrogens with zero attached hydrogens (tertiary/aromatic N) is 6. The molecule has 4 heterocycles. The Morgan fingerprint density at radius 3 is 2.05 bits per heavy atom. The van der Waals surface area contributed by atoms with Crippen LogP contribution in [-0.2, 0) is 41.8 Å². The number of esters is 2. The lowest BCUT2D eigenvalue weighted by Gasteiger charge is -2.43. The Hall–Kier alpha value is -5.08. The number of benzene rings is 2. The van der Waals surface area contributed by atoms with Gasteiger partial charge >= 0.3 is 18.0 Å². The van der Waals surface area contributed by atoms with E-state index >= 15 is 0 Å². The summed E-state index contributed by atoms with van der Waals surface area (Å²) in [5, 5.41) is 8.51. The summed E-state index contributed by atoms with van der Waals surface area (Å²) in [6.45, 7) is 24.6. The fourth-order valence-corrected chi connectivity index (χ4v) is 9.16.